The molecular formula is C35H57N2O14P. The first-order valence-corrected chi connectivity index (χ1v) is 18.9. The number of benzene rings is 1. The standard InChI is InChI=1S/C35H57N2O14P/c1-8-9-12-20-30(39)49-27(23-45-29(38)19-15-11-16-21-36-32(41)46-22-26-17-13-10-14-18-26)24-47-52(43,44)48-25-28(31(40)50-34(2,3)4)37-33(42)51-35(5,6)7/h10,13-14,17-18,27-28H,8-9,11-12,15-16,19-25H2,1-7H3,(H,36,41)(H,37,42)(H,43,44)/t27-,28?/m1/s1. The van der Waals surface area contributed by atoms with Crippen LogP contribution in [-0.2, 0) is 58.3 Å². The monoisotopic (exact) mass is 760 g/mol. The summed E-state index contributed by atoms with van der Waals surface area (Å²) in [5, 5.41) is 4.91. The number of phosphoric acid groups is 1. The molecule has 2 unspecified atom stereocenters. The summed E-state index contributed by atoms with van der Waals surface area (Å²) in [4.78, 5) is 72.1. The number of hydrogen-bond acceptors (Lipinski definition) is 13. The molecule has 1 rings (SSSR count). The van der Waals surface area contributed by atoms with Crippen molar-refractivity contribution in [2.75, 3.05) is 26.4 Å². The van der Waals surface area contributed by atoms with Crippen molar-refractivity contribution >= 4 is 37.9 Å². The normalized spacial score (nSPS) is 13.8. The highest BCUT2D eigenvalue weighted by atomic mass is 31.2. The predicted octanol–water partition coefficient (Wildman–Crippen LogP) is 5.88. The van der Waals surface area contributed by atoms with Crippen molar-refractivity contribution in [2.24, 2.45) is 0 Å². The highest BCUT2D eigenvalue weighted by Gasteiger charge is 2.33. The van der Waals surface area contributed by atoms with Crippen molar-refractivity contribution in [3.63, 3.8) is 0 Å². The summed E-state index contributed by atoms with van der Waals surface area (Å²) < 4.78 is 49.0. The Morgan fingerprint density at radius 2 is 1.37 bits per heavy atom. The first kappa shape index (κ1) is 46.3. The highest BCUT2D eigenvalue weighted by molar-refractivity contribution is 7.47. The smallest absolute Gasteiger partial charge is 0.462 e. The number of carbonyl (C=O) groups is 5. The van der Waals surface area contributed by atoms with Crippen molar-refractivity contribution in [3.8, 4) is 0 Å². The van der Waals surface area contributed by atoms with Gasteiger partial charge in [0.05, 0.1) is 13.2 Å². The maximum Gasteiger partial charge on any atom is 0.472 e. The minimum atomic E-state index is -4.92. The first-order chi connectivity index (χ1) is 24.3. The number of unbranched alkanes of at least 4 members (excludes halogenated alkanes) is 4. The SMILES string of the molecule is CCCCCC(=O)O[C@H](COC(=O)CCCCCNC(=O)OCc1ccccc1)COP(=O)(O)OCC(NC(=O)OC(C)(C)C)C(=O)OC(C)(C)C. The van der Waals surface area contributed by atoms with Crippen LogP contribution in [-0.4, -0.2) is 84.7 Å². The van der Waals surface area contributed by atoms with Crippen molar-refractivity contribution in [3.05, 3.63) is 35.9 Å². The Morgan fingerprint density at radius 3 is 2.00 bits per heavy atom. The molecule has 0 radical (unpaired) electrons. The van der Waals surface area contributed by atoms with E-state index in [4.69, 9.17) is 32.7 Å². The Kier molecular flexibility index (Phi) is 21.2. The highest BCUT2D eigenvalue weighted by Crippen LogP contribution is 2.43. The van der Waals surface area contributed by atoms with Crippen LogP contribution < -0.4 is 10.6 Å². The van der Waals surface area contributed by atoms with Gasteiger partial charge in [-0.3, -0.25) is 18.6 Å². The van der Waals surface area contributed by atoms with E-state index in [9.17, 15) is 33.4 Å². The molecule has 1 aromatic carbocycles. The van der Waals surface area contributed by atoms with Crippen LogP contribution >= 0.6 is 7.82 Å². The second-order valence-electron chi connectivity index (χ2n) is 13.8. The molecule has 0 bridgehead atoms. The zero-order chi connectivity index (χ0) is 39.2. The third kappa shape index (κ3) is 24.5. The molecule has 0 aliphatic rings. The molecule has 0 saturated carbocycles. The average molecular weight is 761 g/mol. The molecule has 0 aromatic heterocycles. The molecule has 3 atom stereocenters. The Hall–Kier alpha value is -3.72. The zero-order valence-electron chi connectivity index (χ0n) is 31.4. The molecule has 0 spiro atoms. The lowest BCUT2D eigenvalue weighted by Gasteiger charge is -2.26. The number of alkyl carbamates (subject to hydrolysis) is 2. The second-order valence-corrected chi connectivity index (χ2v) is 15.3. The molecule has 52 heavy (non-hydrogen) atoms. The van der Waals surface area contributed by atoms with Gasteiger partial charge in [-0.2, -0.15) is 0 Å². The molecule has 3 N–H and O–H groups in total. The summed E-state index contributed by atoms with van der Waals surface area (Å²) in [5.41, 5.74) is -0.984. The van der Waals surface area contributed by atoms with Crippen LogP contribution in [0.5, 0.6) is 0 Å². The Balaban J connectivity index is 2.64. The predicted molar refractivity (Wildman–Crippen MR) is 189 cm³/mol. The molecule has 0 fully saturated rings. The lowest BCUT2D eigenvalue weighted by molar-refractivity contribution is -0.161. The molecule has 0 aliphatic carbocycles. The summed E-state index contributed by atoms with van der Waals surface area (Å²) >= 11 is 0. The summed E-state index contributed by atoms with van der Waals surface area (Å²) in [6.45, 7) is 10.1. The number of phosphoric ester groups is 1. The minimum absolute atomic E-state index is 0.0365. The molecule has 296 valence electrons. The van der Waals surface area contributed by atoms with Crippen LogP contribution in [0.3, 0.4) is 0 Å². The van der Waals surface area contributed by atoms with Gasteiger partial charge in [0.1, 0.15) is 24.4 Å². The fourth-order valence-electron chi connectivity index (χ4n) is 4.05. The maximum absolute atomic E-state index is 12.8. The fraction of sp³-hybridized carbons (Fsp3) is 0.686. The Bertz CT molecular complexity index is 1300. The lowest BCUT2D eigenvalue weighted by atomic mass is 10.2. The lowest BCUT2D eigenvalue weighted by Crippen LogP contribution is -2.48. The quantitative estimate of drug-likeness (QED) is 0.0515. The van der Waals surface area contributed by atoms with E-state index in [1.54, 1.807) is 41.5 Å². The molecule has 1 aromatic rings. The molecule has 0 heterocycles. The van der Waals surface area contributed by atoms with E-state index in [1.165, 1.54) is 0 Å². The van der Waals surface area contributed by atoms with E-state index in [0.29, 0.717) is 32.2 Å². The summed E-state index contributed by atoms with van der Waals surface area (Å²) in [6.07, 6.45) is 1.17. The van der Waals surface area contributed by atoms with Crippen molar-refractivity contribution in [1.29, 1.82) is 0 Å². The maximum atomic E-state index is 12.8. The van der Waals surface area contributed by atoms with Gasteiger partial charge in [-0.25, -0.2) is 18.9 Å². The number of esters is 3. The average Bonchev–Trinajstić information content (AvgIpc) is 3.03. The molecule has 16 nitrogen and oxygen atoms in total. The van der Waals surface area contributed by atoms with E-state index >= 15 is 0 Å². The Labute approximate surface area is 306 Å². The van der Waals surface area contributed by atoms with E-state index in [0.717, 1.165) is 18.4 Å². The number of amides is 2. The Morgan fingerprint density at radius 1 is 0.750 bits per heavy atom. The number of ether oxygens (including phenoxy) is 5. The van der Waals surface area contributed by atoms with E-state index in [2.05, 4.69) is 10.6 Å². The van der Waals surface area contributed by atoms with Crippen LogP contribution in [0.4, 0.5) is 9.59 Å². The number of hydrogen-bond donors (Lipinski definition) is 3. The topological polar surface area (TPSA) is 211 Å². The van der Waals surface area contributed by atoms with Gasteiger partial charge in [-0.1, -0.05) is 56.5 Å². The van der Waals surface area contributed by atoms with Gasteiger partial charge in [-0.05, 0) is 66.4 Å². The van der Waals surface area contributed by atoms with Crippen molar-refractivity contribution < 1.29 is 66.2 Å². The second kappa shape index (κ2) is 23.8. The van der Waals surface area contributed by atoms with Gasteiger partial charge in [0, 0.05) is 19.4 Å². The summed E-state index contributed by atoms with van der Waals surface area (Å²) in [7, 11) is -4.92. The molecule has 0 aliphatic heterocycles. The van der Waals surface area contributed by atoms with E-state index in [1.807, 2.05) is 37.3 Å². The molecule has 0 saturated heterocycles. The van der Waals surface area contributed by atoms with Gasteiger partial charge >= 0.3 is 37.9 Å². The van der Waals surface area contributed by atoms with Crippen LogP contribution in [0.1, 0.15) is 105 Å². The van der Waals surface area contributed by atoms with E-state index < -0.39 is 81.1 Å². The van der Waals surface area contributed by atoms with Gasteiger partial charge in [-0.15, -0.1) is 0 Å². The molecule has 17 heteroatoms. The van der Waals surface area contributed by atoms with Crippen molar-refractivity contribution in [1.82, 2.24) is 10.6 Å². The van der Waals surface area contributed by atoms with Gasteiger partial charge in [0.25, 0.3) is 0 Å². The fourth-order valence-corrected chi connectivity index (χ4v) is 4.82. The van der Waals surface area contributed by atoms with Crippen LogP contribution in [0.25, 0.3) is 0 Å². The van der Waals surface area contributed by atoms with Crippen LogP contribution in [0, 0.1) is 0 Å². The molecule has 2 amide bonds. The number of rotatable bonds is 23. The summed E-state index contributed by atoms with van der Waals surface area (Å²) in [6, 6.07) is 7.72. The minimum Gasteiger partial charge on any atom is -0.462 e. The largest absolute Gasteiger partial charge is 0.472 e. The van der Waals surface area contributed by atoms with Gasteiger partial charge < -0.3 is 39.2 Å². The van der Waals surface area contributed by atoms with Crippen LogP contribution in [0.2, 0.25) is 0 Å². The first-order valence-electron chi connectivity index (χ1n) is 17.4. The number of carbonyl (C=O) groups excluding carboxylic acids is 5. The number of nitrogens with one attached hydrogen (secondary N) is 2. The third-order valence-electron chi connectivity index (χ3n) is 6.46. The summed E-state index contributed by atoms with van der Waals surface area (Å²) in [5.74, 6) is -2.17. The zero-order valence-corrected chi connectivity index (χ0v) is 32.3. The van der Waals surface area contributed by atoms with Gasteiger partial charge in [0.15, 0.2) is 12.1 Å². The third-order valence-corrected chi connectivity index (χ3v) is 7.41. The molecular weight excluding hydrogens is 703 g/mol. The van der Waals surface area contributed by atoms with E-state index in [-0.39, 0.29) is 19.4 Å². The van der Waals surface area contributed by atoms with Crippen molar-refractivity contribution in [2.45, 2.75) is 130 Å². The van der Waals surface area contributed by atoms with Crippen LogP contribution in [0.15, 0.2) is 30.3 Å². The van der Waals surface area contributed by atoms with Gasteiger partial charge in [0.2, 0.25) is 0 Å².